The van der Waals surface area contributed by atoms with Crippen molar-refractivity contribution in [3.05, 3.63) is 101 Å². The standard InChI is InChI=1S/C35H38N2O5/c1-24-17-30(21-37-13-5-7-25(2)38)34(41-22-27-8-6-14-36-20-27)19-33(24)42-23-29-9-4-10-31(26(29)3)28-11-12-32-35(18-28)40-16-15-39-32/h4,6,8-12,14,17-20,37H,5,7,13,15-16,21-23H2,1-3H3. The van der Waals surface area contributed by atoms with Gasteiger partial charge in [-0.1, -0.05) is 30.3 Å². The second kappa shape index (κ2) is 14.0. The summed E-state index contributed by atoms with van der Waals surface area (Å²) in [5, 5.41) is 3.45. The number of aromatic nitrogens is 1. The van der Waals surface area contributed by atoms with Crippen molar-refractivity contribution in [3.63, 3.8) is 0 Å². The highest BCUT2D eigenvalue weighted by Crippen LogP contribution is 2.36. The second-order valence-corrected chi connectivity index (χ2v) is 10.6. The van der Waals surface area contributed by atoms with Crippen LogP contribution in [0, 0.1) is 13.8 Å². The van der Waals surface area contributed by atoms with Crippen molar-refractivity contribution in [1.29, 1.82) is 0 Å². The summed E-state index contributed by atoms with van der Waals surface area (Å²) in [5.41, 5.74) is 7.56. The van der Waals surface area contributed by atoms with E-state index in [0.29, 0.717) is 39.4 Å². The van der Waals surface area contributed by atoms with Gasteiger partial charge in [0.25, 0.3) is 0 Å². The maximum Gasteiger partial charge on any atom is 0.161 e. The number of ketones is 1. The van der Waals surface area contributed by atoms with Crippen molar-refractivity contribution >= 4 is 5.78 Å². The average Bonchev–Trinajstić information content (AvgIpc) is 3.00. The normalized spacial score (nSPS) is 12.2. The van der Waals surface area contributed by atoms with Crippen LogP contribution in [0.5, 0.6) is 23.0 Å². The van der Waals surface area contributed by atoms with Gasteiger partial charge in [0.1, 0.15) is 43.7 Å². The van der Waals surface area contributed by atoms with Gasteiger partial charge in [-0.2, -0.15) is 0 Å². The van der Waals surface area contributed by atoms with Crippen molar-refractivity contribution < 1.29 is 23.7 Å². The van der Waals surface area contributed by atoms with Gasteiger partial charge in [-0.05, 0) is 85.8 Å². The molecule has 0 saturated heterocycles. The highest BCUT2D eigenvalue weighted by Gasteiger charge is 2.15. The molecule has 0 unspecified atom stereocenters. The Labute approximate surface area is 247 Å². The Balaban J connectivity index is 1.32. The highest BCUT2D eigenvalue weighted by atomic mass is 16.6. The lowest BCUT2D eigenvalue weighted by Crippen LogP contribution is -2.16. The fraction of sp³-hybridized carbons (Fsp3) is 0.314. The quantitative estimate of drug-likeness (QED) is 0.179. The molecule has 7 nitrogen and oxygen atoms in total. The Hall–Kier alpha value is -4.36. The monoisotopic (exact) mass is 566 g/mol. The van der Waals surface area contributed by atoms with Crippen LogP contribution >= 0.6 is 0 Å². The zero-order chi connectivity index (χ0) is 29.3. The summed E-state index contributed by atoms with van der Waals surface area (Å²) in [6, 6.07) is 20.4. The fourth-order valence-electron chi connectivity index (χ4n) is 5.01. The van der Waals surface area contributed by atoms with Crippen LogP contribution in [0.15, 0.2) is 73.1 Å². The first kappa shape index (κ1) is 29.1. The van der Waals surface area contributed by atoms with E-state index in [1.165, 1.54) is 0 Å². The number of ether oxygens (including phenoxy) is 4. The topological polar surface area (TPSA) is 78.9 Å². The van der Waals surface area contributed by atoms with Crippen LogP contribution < -0.4 is 24.3 Å². The van der Waals surface area contributed by atoms with Gasteiger partial charge in [0.15, 0.2) is 11.5 Å². The first-order valence-electron chi connectivity index (χ1n) is 14.4. The Bertz CT molecular complexity index is 1520. The minimum absolute atomic E-state index is 0.210. The fourth-order valence-corrected chi connectivity index (χ4v) is 5.01. The van der Waals surface area contributed by atoms with Crippen LogP contribution in [0.4, 0.5) is 0 Å². The maximum atomic E-state index is 11.3. The van der Waals surface area contributed by atoms with Crippen LogP contribution in [0.2, 0.25) is 0 Å². The highest BCUT2D eigenvalue weighted by molar-refractivity contribution is 5.75. The number of nitrogens with one attached hydrogen (secondary N) is 1. The molecule has 3 aromatic carbocycles. The molecule has 0 fully saturated rings. The Morgan fingerprint density at radius 3 is 2.55 bits per heavy atom. The molecule has 0 saturated carbocycles. The van der Waals surface area contributed by atoms with Crippen LogP contribution in [0.25, 0.3) is 11.1 Å². The Kier molecular flexibility index (Phi) is 9.72. The molecule has 0 spiro atoms. The number of Topliss-reactive ketones (excluding diaryl/α,β-unsaturated/α-hetero) is 1. The van der Waals surface area contributed by atoms with Crippen molar-refractivity contribution in [1.82, 2.24) is 10.3 Å². The molecule has 1 N–H and O–H groups in total. The van der Waals surface area contributed by atoms with Gasteiger partial charge in [0.2, 0.25) is 0 Å². The largest absolute Gasteiger partial charge is 0.488 e. The average molecular weight is 567 g/mol. The number of benzene rings is 3. The first-order chi connectivity index (χ1) is 20.5. The molecule has 0 radical (unpaired) electrons. The Morgan fingerprint density at radius 2 is 1.74 bits per heavy atom. The predicted molar refractivity (Wildman–Crippen MR) is 163 cm³/mol. The van der Waals surface area contributed by atoms with Crippen molar-refractivity contribution in [2.45, 2.75) is 53.4 Å². The summed E-state index contributed by atoms with van der Waals surface area (Å²) in [6.45, 7) is 9.18. The van der Waals surface area contributed by atoms with Crippen LogP contribution in [0.1, 0.15) is 47.6 Å². The van der Waals surface area contributed by atoms with Crippen LogP contribution in [-0.4, -0.2) is 30.5 Å². The number of nitrogens with zero attached hydrogens (tertiary/aromatic N) is 1. The second-order valence-electron chi connectivity index (χ2n) is 10.6. The number of rotatable bonds is 13. The third-order valence-corrected chi connectivity index (χ3v) is 7.36. The van der Waals surface area contributed by atoms with Crippen LogP contribution in [-0.2, 0) is 24.6 Å². The van der Waals surface area contributed by atoms with Gasteiger partial charge in [0.05, 0.1) is 0 Å². The van der Waals surface area contributed by atoms with E-state index in [2.05, 4.69) is 54.5 Å². The number of fused-ring (bicyclic) bond motifs is 1. The van der Waals surface area contributed by atoms with E-state index >= 15 is 0 Å². The van der Waals surface area contributed by atoms with Gasteiger partial charge in [-0.25, -0.2) is 0 Å². The first-order valence-corrected chi connectivity index (χ1v) is 14.4. The number of carbonyl (C=O) groups excluding carboxylic acids is 1. The number of pyridine rings is 1. The lowest BCUT2D eigenvalue weighted by atomic mass is 9.96. The zero-order valence-corrected chi connectivity index (χ0v) is 24.6. The van der Waals surface area contributed by atoms with Gasteiger partial charge < -0.3 is 29.1 Å². The summed E-state index contributed by atoms with van der Waals surface area (Å²) < 4.78 is 24.2. The van der Waals surface area contributed by atoms with E-state index in [0.717, 1.165) is 74.9 Å². The number of hydrogen-bond donors (Lipinski definition) is 1. The lowest BCUT2D eigenvalue weighted by Gasteiger charge is -2.20. The summed E-state index contributed by atoms with van der Waals surface area (Å²) in [5.74, 6) is 3.32. The number of hydrogen-bond acceptors (Lipinski definition) is 7. The van der Waals surface area contributed by atoms with Gasteiger partial charge in [-0.15, -0.1) is 0 Å². The molecule has 1 aromatic heterocycles. The molecule has 2 heterocycles. The third kappa shape index (κ3) is 7.47. The molecule has 42 heavy (non-hydrogen) atoms. The summed E-state index contributed by atoms with van der Waals surface area (Å²) >= 11 is 0. The Morgan fingerprint density at radius 1 is 0.905 bits per heavy atom. The molecule has 0 atom stereocenters. The molecule has 5 rings (SSSR count). The van der Waals surface area contributed by atoms with Crippen molar-refractivity contribution in [2.75, 3.05) is 19.8 Å². The molecule has 4 aromatic rings. The van der Waals surface area contributed by atoms with Gasteiger partial charge >= 0.3 is 0 Å². The van der Waals surface area contributed by atoms with E-state index in [4.69, 9.17) is 18.9 Å². The summed E-state index contributed by atoms with van der Waals surface area (Å²) in [7, 11) is 0. The minimum Gasteiger partial charge on any atom is -0.488 e. The van der Waals surface area contributed by atoms with Crippen LogP contribution in [0.3, 0.4) is 0 Å². The number of carbonyl (C=O) groups is 1. The minimum atomic E-state index is 0.210. The summed E-state index contributed by atoms with van der Waals surface area (Å²) in [4.78, 5) is 15.5. The maximum absolute atomic E-state index is 11.3. The molecule has 1 aliphatic heterocycles. The molecule has 7 heteroatoms. The molecular weight excluding hydrogens is 528 g/mol. The van der Waals surface area contributed by atoms with E-state index in [9.17, 15) is 4.79 Å². The smallest absolute Gasteiger partial charge is 0.161 e. The molecule has 0 bridgehead atoms. The molecule has 218 valence electrons. The van der Waals surface area contributed by atoms with E-state index in [1.54, 1.807) is 13.1 Å². The van der Waals surface area contributed by atoms with Crippen molar-refractivity contribution in [3.8, 4) is 34.1 Å². The SMILES string of the molecule is CC(=O)CCCNCc1cc(C)c(OCc2cccc(-c3ccc4c(c3)OCCO4)c2C)cc1OCc1cccnc1. The molecular formula is C35H38N2O5. The van der Waals surface area contributed by atoms with E-state index < -0.39 is 0 Å². The molecule has 1 aliphatic rings. The van der Waals surface area contributed by atoms with E-state index in [-0.39, 0.29) is 5.78 Å². The summed E-state index contributed by atoms with van der Waals surface area (Å²) in [6.07, 6.45) is 4.95. The van der Waals surface area contributed by atoms with Gasteiger partial charge in [-0.3, -0.25) is 4.98 Å². The molecule has 0 amide bonds. The predicted octanol–water partition coefficient (Wildman–Crippen LogP) is 6.75. The molecule has 0 aliphatic carbocycles. The van der Waals surface area contributed by atoms with Gasteiger partial charge in [0, 0.05) is 42.6 Å². The third-order valence-electron chi connectivity index (χ3n) is 7.36. The number of aryl methyl sites for hydroxylation is 1. The van der Waals surface area contributed by atoms with E-state index in [1.807, 2.05) is 36.5 Å². The lowest BCUT2D eigenvalue weighted by molar-refractivity contribution is -0.117. The zero-order valence-electron chi connectivity index (χ0n) is 24.6. The van der Waals surface area contributed by atoms with Crippen molar-refractivity contribution in [2.24, 2.45) is 0 Å².